The lowest BCUT2D eigenvalue weighted by molar-refractivity contribution is 0.436. The zero-order valence-electron chi connectivity index (χ0n) is 33.7. The van der Waals surface area contributed by atoms with Crippen molar-refractivity contribution in [2.45, 2.75) is 5.41 Å². The summed E-state index contributed by atoms with van der Waals surface area (Å²) in [7, 11) is 0. The van der Waals surface area contributed by atoms with Crippen LogP contribution in [-0.2, 0) is 5.41 Å². The van der Waals surface area contributed by atoms with Crippen molar-refractivity contribution in [1.82, 2.24) is 4.57 Å². The molecule has 0 N–H and O–H groups in total. The van der Waals surface area contributed by atoms with Gasteiger partial charge in [-0.25, -0.2) is 0 Å². The lowest BCUT2D eigenvalue weighted by atomic mass is 9.65. The molecule has 0 saturated carbocycles. The van der Waals surface area contributed by atoms with E-state index in [0.717, 1.165) is 56.5 Å². The van der Waals surface area contributed by atoms with Gasteiger partial charge >= 0.3 is 0 Å². The maximum Gasteiger partial charge on any atom is 0.132 e. The van der Waals surface area contributed by atoms with Gasteiger partial charge in [0.05, 0.1) is 27.8 Å². The molecule has 1 spiro atoms. The molecule has 1 aromatic heterocycles. The predicted molar refractivity (Wildman–Crippen MR) is 256 cm³/mol. The van der Waals surface area contributed by atoms with Gasteiger partial charge in [0.2, 0.25) is 0 Å². The minimum absolute atomic E-state index is 0.719. The third kappa shape index (κ3) is 4.88. The maximum absolute atomic E-state index is 6.93. The summed E-state index contributed by atoms with van der Waals surface area (Å²) in [6.45, 7) is 0. The van der Waals surface area contributed by atoms with Crippen molar-refractivity contribution in [3.05, 3.63) is 253 Å². The first-order valence-corrected chi connectivity index (χ1v) is 21.3. The Morgan fingerprint density at radius 1 is 0.387 bits per heavy atom. The van der Waals surface area contributed by atoms with Crippen molar-refractivity contribution in [3.63, 3.8) is 0 Å². The second-order valence-corrected chi connectivity index (χ2v) is 16.4. The van der Waals surface area contributed by atoms with Gasteiger partial charge in [-0.3, -0.25) is 0 Å². The van der Waals surface area contributed by atoms with E-state index >= 15 is 0 Å². The van der Waals surface area contributed by atoms with E-state index in [4.69, 9.17) is 4.74 Å². The van der Waals surface area contributed by atoms with Crippen LogP contribution in [-0.4, -0.2) is 4.57 Å². The van der Waals surface area contributed by atoms with E-state index in [1.165, 1.54) is 54.9 Å². The molecule has 13 rings (SSSR count). The molecule has 3 nitrogen and oxygen atoms in total. The van der Waals surface area contributed by atoms with Crippen molar-refractivity contribution in [2.75, 3.05) is 4.90 Å². The Bertz CT molecular complexity index is 3560. The summed E-state index contributed by atoms with van der Waals surface area (Å²) in [5.74, 6) is 1.74. The molecule has 1 atom stereocenters. The van der Waals surface area contributed by atoms with Crippen molar-refractivity contribution < 1.29 is 4.74 Å². The normalized spacial score (nSPS) is 14.6. The smallest absolute Gasteiger partial charge is 0.132 e. The summed E-state index contributed by atoms with van der Waals surface area (Å²) in [6.07, 6.45) is 0. The Morgan fingerprint density at radius 2 is 1.03 bits per heavy atom. The number of aromatic nitrogens is 1. The number of benzene rings is 10. The Hall–Kier alpha value is -8.14. The van der Waals surface area contributed by atoms with Crippen LogP contribution in [0.15, 0.2) is 231 Å². The second-order valence-electron chi connectivity index (χ2n) is 16.4. The van der Waals surface area contributed by atoms with E-state index in [1.54, 1.807) is 0 Å². The zero-order chi connectivity index (χ0) is 40.8. The minimum atomic E-state index is -0.719. The van der Waals surface area contributed by atoms with E-state index in [0.29, 0.717) is 0 Å². The summed E-state index contributed by atoms with van der Waals surface area (Å²) >= 11 is 0. The number of para-hydroxylation sites is 3. The molecule has 1 aliphatic heterocycles. The van der Waals surface area contributed by atoms with Crippen LogP contribution in [0.4, 0.5) is 17.1 Å². The highest BCUT2D eigenvalue weighted by molar-refractivity contribution is 6.11. The molecule has 10 aromatic carbocycles. The first kappa shape index (κ1) is 34.7. The Morgan fingerprint density at radius 3 is 1.92 bits per heavy atom. The zero-order valence-corrected chi connectivity index (χ0v) is 33.7. The third-order valence-corrected chi connectivity index (χ3v) is 13.2. The molecule has 1 aliphatic carbocycles. The number of fused-ring (bicyclic) bond motifs is 13. The van der Waals surface area contributed by atoms with Crippen molar-refractivity contribution >= 4 is 49.6 Å². The fraction of sp³-hybridized carbons (Fsp3) is 0.0169. The summed E-state index contributed by atoms with van der Waals surface area (Å²) in [4.78, 5) is 2.53. The first-order chi connectivity index (χ1) is 30.8. The molecule has 0 amide bonds. The van der Waals surface area contributed by atoms with Gasteiger partial charge < -0.3 is 14.2 Å². The highest BCUT2D eigenvalue weighted by Gasteiger charge is 2.53. The Kier molecular flexibility index (Phi) is 7.52. The molecule has 2 aliphatic rings. The molecule has 11 aromatic rings. The summed E-state index contributed by atoms with van der Waals surface area (Å²) in [5.41, 5.74) is 15.6. The first-order valence-electron chi connectivity index (χ1n) is 21.3. The van der Waals surface area contributed by atoms with E-state index in [1.807, 2.05) is 0 Å². The highest BCUT2D eigenvalue weighted by Crippen LogP contribution is 2.65. The Labute approximate surface area is 360 Å². The number of anilines is 3. The van der Waals surface area contributed by atoms with Crippen LogP contribution in [0.2, 0.25) is 0 Å². The van der Waals surface area contributed by atoms with Gasteiger partial charge in [-0.05, 0) is 93.9 Å². The molecule has 290 valence electrons. The monoisotopic (exact) mass is 790 g/mol. The van der Waals surface area contributed by atoms with Crippen molar-refractivity contribution in [3.8, 4) is 39.4 Å². The van der Waals surface area contributed by atoms with Gasteiger partial charge in [0.15, 0.2) is 0 Å². The topological polar surface area (TPSA) is 17.4 Å². The maximum atomic E-state index is 6.93. The Balaban J connectivity index is 1.17. The van der Waals surface area contributed by atoms with Gasteiger partial charge in [0.25, 0.3) is 0 Å². The molecule has 2 heterocycles. The van der Waals surface area contributed by atoms with E-state index < -0.39 is 5.41 Å². The molecule has 0 saturated heterocycles. The van der Waals surface area contributed by atoms with Gasteiger partial charge in [0.1, 0.15) is 11.5 Å². The van der Waals surface area contributed by atoms with Crippen LogP contribution in [0.25, 0.3) is 60.5 Å². The van der Waals surface area contributed by atoms with Crippen LogP contribution >= 0.6 is 0 Å². The minimum Gasteiger partial charge on any atom is -0.457 e. The third-order valence-electron chi connectivity index (χ3n) is 13.2. The second kappa shape index (κ2) is 13.4. The quantitative estimate of drug-likeness (QED) is 0.173. The highest BCUT2D eigenvalue weighted by atomic mass is 16.5. The number of nitrogens with zero attached hydrogens (tertiary/aromatic N) is 2. The molecule has 0 fully saturated rings. The number of hydrogen-bond acceptors (Lipinski definition) is 2. The molecule has 3 heteroatoms. The molecular weight excluding hydrogens is 753 g/mol. The summed E-state index contributed by atoms with van der Waals surface area (Å²) in [5, 5.41) is 4.82. The fourth-order valence-corrected chi connectivity index (χ4v) is 10.7. The van der Waals surface area contributed by atoms with Crippen molar-refractivity contribution in [2.24, 2.45) is 0 Å². The van der Waals surface area contributed by atoms with Gasteiger partial charge in [-0.1, -0.05) is 170 Å². The summed E-state index contributed by atoms with van der Waals surface area (Å²) in [6, 6.07) is 84.1. The number of rotatable bonds is 5. The molecular formula is C59H38N2O. The lowest BCUT2D eigenvalue weighted by Crippen LogP contribution is -2.33. The standard InChI is InChI=1S/C59H38N2O/c1-3-17-39(18-4-1)41-33-36-57-51(37-41)59(50-28-12-14-32-56(50)62-57)49-27-11-9-24-45(49)48-26-16-31-54(58(48)59)61(52-30-15-20-40-19-7-8-23-44(40)52)43-34-35-47-46-25-10-13-29-53(46)60(55(47)38-43)42-21-5-2-6-22-42/h1-38H. The van der Waals surface area contributed by atoms with Crippen LogP contribution in [0.3, 0.4) is 0 Å². The molecule has 1 unspecified atom stereocenters. The van der Waals surface area contributed by atoms with Crippen LogP contribution in [0.5, 0.6) is 11.5 Å². The van der Waals surface area contributed by atoms with Crippen molar-refractivity contribution in [1.29, 1.82) is 0 Å². The predicted octanol–water partition coefficient (Wildman–Crippen LogP) is 15.5. The molecule has 0 radical (unpaired) electrons. The van der Waals surface area contributed by atoms with Gasteiger partial charge in [0, 0.05) is 44.2 Å². The average molecular weight is 791 g/mol. The molecule has 62 heavy (non-hydrogen) atoms. The van der Waals surface area contributed by atoms with Gasteiger partial charge in [-0.15, -0.1) is 0 Å². The van der Waals surface area contributed by atoms with E-state index in [9.17, 15) is 0 Å². The van der Waals surface area contributed by atoms with Crippen LogP contribution < -0.4 is 9.64 Å². The average Bonchev–Trinajstić information content (AvgIpc) is 3.83. The van der Waals surface area contributed by atoms with Gasteiger partial charge in [-0.2, -0.15) is 0 Å². The van der Waals surface area contributed by atoms with Crippen LogP contribution in [0.1, 0.15) is 22.3 Å². The lowest BCUT2D eigenvalue weighted by Gasteiger charge is -2.42. The van der Waals surface area contributed by atoms with E-state index in [-0.39, 0.29) is 0 Å². The fourth-order valence-electron chi connectivity index (χ4n) is 10.7. The summed E-state index contributed by atoms with van der Waals surface area (Å²) < 4.78 is 9.34. The van der Waals surface area contributed by atoms with E-state index in [2.05, 4.69) is 240 Å². The largest absolute Gasteiger partial charge is 0.457 e. The SMILES string of the molecule is c1ccc(-c2ccc3c(c2)C2(c4ccccc4O3)c3ccccc3-c3cccc(N(c4ccc5c6ccccc6n(-c6ccccc6)c5c4)c4cccc5ccccc45)c32)cc1. The number of ether oxygens (including phenoxy) is 1. The number of hydrogen-bond donors (Lipinski definition) is 0. The van der Waals surface area contributed by atoms with Crippen LogP contribution in [0, 0.1) is 0 Å². The molecule has 0 bridgehead atoms.